The Hall–Kier alpha value is -3.44. The molecule has 6 heteroatoms. The van der Waals surface area contributed by atoms with Gasteiger partial charge in [0.2, 0.25) is 11.8 Å². The van der Waals surface area contributed by atoms with Gasteiger partial charge in [-0.15, -0.1) is 0 Å². The van der Waals surface area contributed by atoms with Crippen molar-refractivity contribution in [2.45, 2.75) is 26.7 Å². The maximum absolute atomic E-state index is 12.2. The smallest absolute Gasteiger partial charge is 0.244 e. The molecule has 5 nitrogen and oxygen atoms in total. The molecule has 2 amide bonds. The number of anilines is 1. The van der Waals surface area contributed by atoms with Crippen LogP contribution in [0.5, 0.6) is 0 Å². The molecule has 3 rings (SSSR count). The summed E-state index contributed by atoms with van der Waals surface area (Å²) >= 11 is 5.93. The molecule has 0 unspecified atom stereocenters. The van der Waals surface area contributed by atoms with Crippen molar-refractivity contribution in [2.75, 3.05) is 5.32 Å². The Morgan fingerprint density at radius 3 is 2.26 bits per heavy atom. The third kappa shape index (κ3) is 6.79. The van der Waals surface area contributed by atoms with Gasteiger partial charge in [-0.2, -0.15) is 5.10 Å². The van der Waals surface area contributed by atoms with Gasteiger partial charge >= 0.3 is 0 Å². The van der Waals surface area contributed by atoms with E-state index in [9.17, 15) is 9.59 Å². The maximum atomic E-state index is 12.2. The molecule has 0 bridgehead atoms. The minimum atomic E-state index is -0.235. The standard InChI is InChI=1S/C25H24ClN3O2/c1-17-14-22(26)12-13-23(17)27-24(30)15-18(2)28-29-25(31)16-19-8-10-21(11-9-19)20-6-4-3-5-7-20/h3-14H,15-16H2,1-2H3,(H,27,30)(H,29,31)/b28-18+. The number of carbonyl (C=O) groups excluding carboxylic acids is 2. The molecule has 0 aromatic heterocycles. The fraction of sp³-hybridized carbons (Fsp3) is 0.160. The van der Waals surface area contributed by atoms with Crippen molar-refractivity contribution in [3.8, 4) is 11.1 Å². The second-order valence-electron chi connectivity index (χ2n) is 7.31. The van der Waals surface area contributed by atoms with Gasteiger partial charge in [-0.1, -0.05) is 66.2 Å². The van der Waals surface area contributed by atoms with Crippen molar-refractivity contribution in [2.24, 2.45) is 5.10 Å². The first-order valence-electron chi connectivity index (χ1n) is 9.93. The molecule has 0 saturated carbocycles. The normalized spacial score (nSPS) is 11.1. The lowest BCUT2D eigenvalue weighted by molar-refractivity contribution is -0.120. The third-order valence-electron chi connectivity index (χ3n) is 4.68. The Labute approximate surface area is 187 Å². The zero-order valence-corrected chi connectivity index (χ0v) is 18.2. The lowest BCUT2D eigenvalue weighted by atomic mass is 10.0. The minimum absolute atomic E-state index is 0.0775. The van der Waals surface area contributed by atoms with Gasteiger partial charge in [0.25, 0.3) is 0 Å². The van der Waals surface area contributed by atoms with Crippen molar-refractivity contribution >= 4 is 34.8 Å². The maximum Gasteiger partial charge on any atom is 0.244 e. The number of carbonyl (C=O) groups is 2. The monoisotopic (exact) mass is 433 g/mol. The summed E-state index contributed by atoms with van der Waals surface area (Å²) in [5, 5.41) is 7.48. The first-order chi connectivity index (χ1) is 14.9. The molecule has 0 heterocycles. The van der Waals surface area contributed by atoms with Crippen LogP contribution >= 0.6 is 11.6 Å². The summed E-state index contributed by atoms with van der Waals surface area (Å²) in [7, 11) is 0. The summed E-state index contributed by atoms with van der Waals surface area (Å²) in [6.45, 7) is 3.57. The van der Waals surface area contributed by atoms with Crippen molar-refractivity contribution in [1.29, 1.82) is 0 Å². The highest BCUT2D eigenvalue weighted by molar-refractivity contribution is 6.30. The Kier molecular flexibility index (Phi) is 7.57. The van der Waals surface area contributed by atoms with E-state index < -0.39 is 0 Å². The van der Waals surface area contributed by atoms with E-state index in [2.05, 4.69) is 15.8 Å². The summed E-state index contributed by atoms with van der Waals surface area (Å²) in [5.41, 5.74) is 7.72. The first-order valence-corrected chi connectivity index (χ1v) is 10.3. The van der Waals surface area contributed by atoms with Crippen LogP contribution in [0, 0.1) is 6.92 Å². The molecule has 0 fully saturated rings. The van der Waals surface area contributed by atoms with E-state index in [0.717, 1.165) is 22.3 Å². The lowest BCUT2D eigenvalue weighted by Crippen LogP contribution is -2.23. The molecule has 3 aromatic carbocycles. The van der Waals surface area contributed by atoms with Crippen LogP contribution in [0.15, 0.2) is 77.9 Å². The topological polar surface area (TPSA) is 70.6 Å². The molecule has 0 aliphatic carbocycles. The van der Waals surface area contributed by atoms with E-state index in [0.29, 0.717) is 16.4 Å². The van der Waals surface area contributed by atoms with Gasteiger partial charge in [0.15, 0.2) is 0 Å². The van der Waals surface area contributed by atoms with Crippen LogP contribution in [-0.2, 0) is 16.0 Å². The van der Waals surface area contributed by atoms with E-state index in [1.165, 1.54) is 0 Å². The number of nitrogens with one attached hydrogen (secondary N) is 2. The quantitative estimate of drug-likeness (QED) is 0.388. The number of amides is 2. The summed E-state index contributed by atoms with van der Waals surface area (Å²) in [4.78, 5) is 24.4. The van der Waals surface area contributed by atoms with E-state index in [-0.39, 0.29) is 24.7 Å². The number of hydrogen-bond donors (Lipinski definition) is 2. The van der Waals surface area contributed by atoms with Crippen LogP contribution < -0.4 is 10.7 Å². The molecule has 0 saturated heterocycles. The van der Waals surface area contributed by atoms with Crippen LogP contribution in [0.25, 0.3) is 11.1 Å². The van der Waals surface area contributed by atoms with E-state index in [4.69, 9.17) is 11.6 Å². The van der Waals surface area contributed by atoms with Crippen molar-refractivity contribution in [1.82, 2.24) is 5.43 Å². The fourth-order valence-electron chi connectivity index (χ4n) is 3.06. The van der Waals surface area contributed by atoms with Crippen LogP contribution in [0.2, 0.25) is 5.02 Å². The molecule has 31 heavy (non-hydrogen) atoms. The van der Waals surface area contributed by atoms with Crippen molar-refractivity contribution < 1.29 is 9.59 Å². The molecule has 2 N–H and O–H groups in total. The summed E-state index contributed by atoms with van der Waals surface area (Å²) in [6, 6.07) is 23.2. The Bertz CT molecular complexity index is 1090. The average Bonchev–Trinajstić information content (AvgIpc) is 2.75. The Balaban J connectivity index is 1.49. The second kappa shape index (κ2) is 10.5. The zero-order valence-electron chi connectivity index (χ0n) is 17.5. The summed E-state index contributed by atoms with van der Waals surface area (Å²) in [6.07, 6.45) is 0.288. The molecular formula is C25H24ClN3O2. The molecule has 158 valence electrons. The number of hydrazone groups is 1. The zero-order chi connectivity index (χ0) is 22.2. The number of benzene rings is 3. The van der Waals surface area contributed by atoms with Gasteiger partial charge in [0.1, 0.15) is 0 Å². The summed E-state index contributed by atoms with van der Waals surface area (Å²) < 4.78 is 0. The van der Waals surface area contributed by atoms with Gasteiger partial charge in [-0.25, -0.2) is 5.43 Å². The molecular weight excluding hydrogens is 410 g/mol. The lowest BCUT2D eigenvalue weighted by Gasteiger charge is -2.09. The molecule has 0 atom stereocenters. The number of aryl methyl sites for hydroxylation is 1. The number of hydrogen-bond acceptors (Lipinski definition) is 3. The molecule has 0 aliphatic heterocycles. The molecule has 0 spiro atoms. The first kappa shape index (κ1) is 22.2. The second-order valence-corrected chi connectivity index (χ2v) is 7.74. The van der Waals surface area contributed by atoms with E-state index >= 15 is 0 Å². The molecule has 0 aliphatic rings. The fourth-order valence-corrected chi connectivity index (χ4v) is 3.29. The molecule has 3 aromatic rings. The predicted molar refractivity (Wildman–Crippen MR) is 126 cm³/mol. The summed E-state index contributed by atoms with van der Waals surface area (Å²) in [5.74, 6) is -0.446. The largest absolute Gasteiger partial charge is 0.326 e. The van der Waals surface area contributed by atoms with Crippen LogP contribution in [0.4, 0.5) is 5.69 Å². The van der Waals surface area contributed by atoms with Crippen molar-refractivity contribution in [3.05, 3.63) is 88.9 Å². The van der Waals surface area contributed by atoms with Crippen LogP contribution in [0.3, 0.4) is 0 Å². The van der Waals surface area contributed by atoms with E-state index in [1.54, 1.807) is 25.1 Å². The van der Waals surface area contributed by atoms with Crippen LogP contribution in [0.1, 0.15) is 24.5 Å². The van der Waals surface area contributed by atoms with Gasteiger partial charge in [0.05, 0.1) is 12.8 Å². The van der Waals surface area contributed by atoms with Gasteiger partial charge in [0, 0.05) is 16.4 Å². The van der Waals surface area contributed by atoms with Gasteiger partial charge in [-0.05, 0) is 54.3 Å². The number of rotatable bonds is 7. The average molecular weight is 434 g/mol. The van der Waals surface area contributed by atoms with E-state index in [1.807, 2.05) is 61.5 Å². The van der Waals surface area contributed by atoms with Crippen LogP contribution in [-0.4, -0.2) is 17.5 Å². The highest BCUT2D eigenvalue weighted by Gasteiger charge is 2.08. The highest BCUT2D eigenvalue weighted by Crippen LogP contribution is 2.20. The van der Waals surface area contributed by atoms with Crippen molar-refractivity contribution in [3.63, 3.8) is 0 Å². The SMILES string of the molecule is C/C(CC(=O)Nc1ccc(Cl)cc1C)=N\NC(=O)Cc1ccc(-c2ccccc2)cc1. The van der Waals surface area contributed by atoms with Gasteiger partial charge in [-0.3, -0.25) is 9.59 Å². The Morgan fingerprint density at radius 1 is 0.903 bits per heavy atom. The number of halogens is 1. The number of nitrogens with zero attached hydrogens (tertiary/aromatic N) is 1. The minimum Gasteiger partial charge on any atom is -0.326 e. The predicted octanol–water partition coefficient (Wildman–Crippen LogP) is 5.38. The van der Waals surface area contributed by atoms with Gasteiger partial charge < -0.3 is 5.32 Å². The Morgan fingerprint density at radius 2 is 1.58 bits per heavy atom. The molecule has 0 radical (unpaired) electrons. The third-order valence-corrected chi connectivity index (χ3v) is 4.91. The highest BCUT2D eigenvalue weighted by atomic mass is 35.5.